The molecule has 1 aliphatic rings. The number of nitrogens with zero attached hydrogens (tertiary/aromatic N) is 1. The zero-order chi connectivity index (χ0) is 19.4. The Hall–Kier alpha value is -1.80. The van der Waals surface area contributed by atoms with E-state index in [1.807, 2.05) is 0 Å². The largest absolute Gasteiger partial charge is 0.484 e. The van der Waals surface area contributed by atoms with Crippen molar-refractivity contribution in [2.24, 2.45) is 0 Å². The zero-order valence-electron chi connectivity index (χ0n) is 14.3. The molecule has 2 aromatic carbocycles. The summed E-state index contributed by atoms with van der Waals surface area (Å²) < 4.78 is 31.8. The minimum atomic E-state index is -3.47. The first kappa shape index (κ1) is 19.9. The van der Waals surface area contributed by atoms with Crippen LogP contribution in [0.5, 0.6) is 5.75 Å². The summed E-state index contributed by atoms with van der Waals surface area (Å²) in [6.45, 7) is 0.880. The molecule has 1 amide bonds. The third-order valence-corrected chi connectivity index (χ3v) is 6.75. The number of halogens is 2. The Kier molecular flexibility index (Phi) is 6.26. The van der Waals surface area contributed by atoms with E-state index < -0.39 is 10.0 Å². The molecule has 9 heteroatoms. The minimum absolute atomic E-state index is 0.216. The van der Waals surface area contributed by atoms with Crippen LogP contribution in [0.4, 0.5) is 5.69 Å². The van der Waals surface area contributed by atoms with Crippen molar-refractivity contribution in [2.45, 2.75) is 17.7 Å². The van der Waals surface area contributed by atoms with Gasteiger partial charge in [-0.15, -0.1) is 0 Å². The Balaban J connectivity index is 1.57. The lowest BCUT2D eigenvalue weighted by atomic mass is 10.3. The second-order valence-electron chi connectivity index (χ2n) is 6.05. The first-order chi connectivity index (χ1) is 12.9. The summed E-state index contributed by atoms with van der Waals surface area (Å²) in [5, 5.41) is 3.39. The molecule has 1 heterocycles. The van der Waals surface area contributed by atoms with E-state index >= 15 is 0 Å². The smallest absolute Gasteiger partial charge is 0.262 e. The van der Waals surface area contributed by atoms with Crippen LogP contribution in [0.15, 0.2) is 47.4 Å². The van der Waals surface area contributed by atoms with Gasteiger partial charge < -0.3 is 10.1 Å². The fourth-order valence-corrected chi connectivity index (χ4v) is 4.51. The highest BCUT2D eigenvalue weighted by atomic mass is 35.5. The number of hydrogen-bond donors (Lipinski definition) is 1. The maximum atomic E-state index is 12.5. The molecule has 3 rings (SSSR count). The summed E-state index contributed by atoms with van der Waals surface area (Å²) in [7, 11) is -3.47. The van der Waals surface area contributed by atoms with Gasteiger partial charge in [0.25, 0.3) is 5.91 Å². The first-order valence-corrected chi connectivity index (χ1v) is 10.5. The van der Waals surface area contributed by atoms with Crippen LogP contribution in [0.3, 0.4) is 0 Å². The zero-order valence-corrected chi connectivity index (χ0v) is 16.6. The van der Waals surface area contributed by atoms with E-state index in [2.05, 4.69) is 5.32 Å². The van der Waals surface area contributed by atoms with Crippen LogP contribution in [0.25, 0.3) is 0 Å². The number of nitrogens with one attached hydrogen (secondary N) is 1. The quantitative estimate of drug-likeness (QED) is 0.758. The highest BCUT2D eigenvalue weighted by molar-refractivity contribution is 7.89. The van der Waals surface area contributed by atoms with Crippen molar-refractivity contribution in [3.8, 4) is 5.75 Å². The number of anilines is 1. The average Bonchev–Trinajstić information content (AvgIpc) is 3.19. The topological polar surface area (TPSA) is 75.7 Å². The molecule has 0 unspecified atom stereocenters. The standard InChI is InChI=1S/C18H18Cl2N2O4S/c19-16-8-5-14(11-17(16)20)26-12-18(23)21-13-3-6-15(7-4-13)27(24,25)22-9-1-2-10-22/h3-8,11H,1-2,9-10,12H2,(H,21,23). The van der Waals surface area contributed by atoms with Crippen molar-refractivity contribution >= 4 is 44.8 Å². The molecule has 6 nitrogen and oxygen atoms in total. The predicted octanol–water partition coefficient (Wildman–Crippen LogP) is 3.80. The Bertz CT molecular complexity index is 927. The van der Waals surface area contributed by atoms with E-state index in [1.54, 1.807) is 24.3 Å². The molecule has 0 radical (unpaired) electrons. The summed E-state index contributed by atoms with van der Waals surface area (Å²) >= 11 is 11.7. The maximum Gasteiger partial charge on any atom is 0.262 e. The van der Waals surface area contributed by atoms with Gasteiger partial charge in [-0.05, 0) is 49.2 Å². The van der Waals surface area contributed by atoms with Crippen molar-refractivity contribution in [1.29, 1.82) is 0 Å². The third-order valence-electron chi connectivity index (χ3n) is 4.10. The van der Waals surface area contributed by atoms with Crippen LogP contribution in [0.2, 0.25) is 10.0 Å². The Morgan fingerprint density at radius 2 is 1.70 bits per heavy atom. The van der Waals surface area contributed by atoms with Crippen molar-refractivity contribution in [2.75, 3.05) is 25.0 Å². The molecule has 1 aliphatic heterocycles. The summed E-state index contributed by atoms with van der Waals surface area (Å²) in [4.78, 5) is 12.2. The number of carbonyl (C=O) groups excluding carboxylic acids is 1. The number of hydrogen-bond acceptors (Lipinski definition) is 4. The van der Waals surface area contributed by atoms with Crippen LogP contribution < -0.4 is 10.1 Å². The second kappa shape index (κ2) is 8.48. The lowest BCUT2D eigenvalue weighted by molar-refractivity contribution is -0.118. The molecule has 1 N–H and O–H groups in total. The molecule has 1 saturated heterocycles. The third kappa shape index (κ3) is 4.93. The number of amides is 1. The molecule has 0 spiro atoms. The number of sulfonamides is 1. The van der Waals surface area contributed by atoms with E-state index in [9.17, 15) is 13.2 Å². The van der Waals surface area contributed by atoms with E-state index in [0.29, 0.717) is 34.6 Å². The van der Waals surface area contributed by atoms with Crippen molar-refractivity contribution < 1.29 is 17.9 Å². The molecule has 0 bridgehead atoms. The highest BCUT2D eigenvalue weighted by Crippen LogP contribution is 2.26. The van der Waals surface area contributed by atoms with Crippen LogP contribution >= 0.6 is 23.2 Å². The maximum absolute atomic E-state index is 12.5. The lowest BCUT2D eigenvalue weighted by Crippen LogP contribution is -2.27. The number of ether oxygens (including phenoxy) is 1. The van der Waals surface area contributed by atoms with Gasteiger partial charge in [-0.1, -0.05) is 23.2 Å². The van der Waals surface area contributed by atoms with Crippen LogP contribution in [0.1, 0.15) is 12.8 Å². The fraction of sp³-hybridized carbons (Fsp3) is 0.278. The molecule has 2 aromatic rings. The molecule has 0 aromatic heterocycles. The van der Waals surface area contributed by atoms with Crippen molar-refractivity contribution in [3.63, 3.8) is 0 Å². The summed E-state index contributed by atoms with van der Waals surface area (Å²) in [5.74, 6) is 0.0443. The lowest BCUT2D eigenvalue weighted by Gasteiger charge is -2.15. The number of rotatable bonds is 6. The van der Waals surface area contributed by atoms with Gasteiger partial charge in [-0.25, -0.2) is 8.42 Å². The molecule has 27 heavy (non-hydrogen) atoms. The molecule has 0 atom stereocenters. The summed E-state index contributed by atoms with van der Waals surface area (Å²) in [6.07, 6.45) is 1.76. The molecular weight excluding hydrogens is 411 g/mol. The minimum Gasteiger partial charge on any atom is -0.484 e. The van der Waals surface area contributed by atoms with E-state index in [4.69, 9.17) is 27.9 Å². The molecule has 0 saturated carbocycles. The fourth-order valence-electron chi connectivity index (χ4n) is 2.70. The summed E-state index contributed by atoms with van der Waals surface area (Å²) in [5.41, 5.74) is 0.484. The van der Waals surface area contributed by atoms with Gasteiger partial charge in [0, 0.05) is 24.8 Å². The van der Waals surface area contributed by atoms with Crippen LogP contribution in [-0.2, 0) is 14.8 Å². The normalized spacial score (nSPS) is 14.9. The first-order valence-electron chi connectivity index (χ1n) is 8.34. The molecule has 1 fully saturated rings. The molecular formula is C18H18Cl2N2O4S. The molecule has 144 valence electrons. The average molecular weight is 429 g/mol. The number of benzene rings is 2. The number of carbonyl (C=O) groups is 1. The van der Waals surface area contributed by atoms with Gasteiger partial charge in [0.1, 0.15) is 5.75 Å². The van der Waals surface area contributed by atoms with Crippen LogP contribution in [0, 0.1) is 0 Å². The monoisotopic (exact) mass is 428 g/mol. The van der Waals surface area contributed by atoms with Crippen molar-refractivity contribution in [3.05, 3.63) is 52.5 Å². The van der Waals surface area contributed by atoms with Crippen molar-refractivity contribution in [1.82, 2.24) is 4.31 Å². The predicted molar refractivity (Wildman–Crippen MR) is 105 cm³/mol. The van der Waals surface area contributed by atoms with Gasteiger partial charge in [0.05, 0.1) is 14.9 Å². The van der Waals surface area contributed by atoms with E-state index in [0.717, 1.165) is 12.8 Å². The van der Waals surface area contributed by atoms with Crippen LogP contribution in [-0.4, -0.2) is 38.3 Å². The Labute approximate surface area is 168 Å². The van der Waals surface area contributed by atoms with Gasteiger partial charge in [-0.3, -0.25) is 4.79 Å². The van der Waals surface area contributed by atoms with Gasteiger partial charge >= 0.3 is 0 Å². The second-order valence-corrected chi connectivity index (χ2v) is 8.80. The Morgan fingerprint density at radius 1 is 1.04 bits per heavy atom. The van der Waals surface area contributed by atoms with Gasteiger partial charge in [0.15, 0.2) is 6.61 Å². The summed E-state index contributed by atoms with van der Waals surface area (Å²) in [6, 6.07) is 10.8. The van der Waals surface area contributed by atoms with E-state index in [-0.39, 0.29) is 17.4 Å². The van der Waals surface area contributed by atoms with Gasteiger partial charge in [-0.2, -0.15) is 4.31 Å². The highest BCUT2D eigenvalue weighted by Gasteiger charge is 2.26. The molecule has 0 aliphatic carbocycles. The SMILES string of the molecule is O=C(COc1ccc(Cl)c(Cl)c1)Nc1ccc(S(=O)(=O)N2CCCC2)cc1. The Morgan fingerprint density at radius 3 is 2.33 bits per heavy atom. The van der Waals surface area contributed by atoms with Gasteiger partial charge in [0.2, 0.25) is 10.0 Å². The van der Waals surface area contributed by atoms with E-state index in [1.165, 1.54) is 22.5 Å².